The Morgan fingerprint density at radius 2 is 2.27 bits per heavy atom. The molecule has 0 amide bonds. The fourth-order valence-corrected chi connectivity index (χ4v) is 2.43. The predicted molar refractivity (Wildman–Crippen MR) is 66.7 cm³/mol. The van der Waals surface area contributed by atoms with E-state index in [9.17, 15) is 4.21 Å². The average Bonchev–Trinajstić information content (AvgIpc) is 2.18. The smallest absolute Gasteiger partial charge is 0.0444 e. The lowest BCUT2D eigenvalue weighted by atomic mass is 9.96. The molecule has 90 valence electrons. The minimum Gasteiger partial charge on any atom is -0.309 e. The van der Waals surface area contributed by atoms with Crippen LogP contribution in [-0.2, 0) is 10.8 Å². The second-order valence-electron chi connectivity index (χ2n) is 4.89. The Kier molecular flexibility index (Phi) is 4.74. The van der Waals surface area contributed by atoms with Crippen LogP contribution < -0.4 is 5.32 Å². The van der Waals surface area contributed by atoms with E-state index in [4.69, 9.17) is 0 Å². The summed E-state index contributed by atoms with van der Waals surface area (Å²) in [5.74, 6) is 0. The minimum atomic E-state index is -0.701. The molecule has 0 bridgehead atoms. The van der Waals surface area contributed by atoms with Gasteiger partial charge in [0.1, 0.15) is 0 Å². The number of hydrogen-bond donors (Lipinski definition) is 1. The maximum absolute atomic E-state index is 11.3. The van der Waals surface area contributed by atoms with Gasteiger partial charge in [-0.05, 0) is 20.3 Å². The van der Waals surface area contributed by atoms with E-state index in [1.165, 1.54) is 0 Å². The lowest BCUT2D eigenvalue weighted by Crippen LogP contribution is -2.59. The zero-order valence-electron chi connectivity index (χ0n) is 10.4. The van der Waals surface area contributed by atoms with Crippen molar-refractivity contribution in [3.63, 3.8) is 0 Å². The Balaban J connectivity index is 2.46. The van der Waals surface area contributed by atoms with Crippen molar-refractivity contribution >= 4 is 10.8 Å². The highest BCUT2D eigenvalue weighted by Gasteiger charge is 2.29. The van der Waals surface area contributed by atoms with Gasteiger partial charge >= 0.3 is 0 Å². The molecule has 1 saturated heterocycles. The molecule has 1 fully saturated rings. The van der Waals surface area contributed by atoms with Crippen LogP contribution in [0.15, 0.2) is 0 Å². The van der Waals surface area contributed by atoms with Crippen molar-refractivity contribution in [2.45, 2.75) is 38.0 Å². The molecule has 1 heterocycles. The van der Waals surface area contributed by atoms with Crippen LogP contribution in [0, 0.1) is 0 Å². The van der Waals surface area contributed by atoms with E-state index >= 15 is 0 Å². The number of rotatable bonds is 4. The summed E-state index contributed by atoms with van der Waals surface area (Å²) < 4.78 is 11.3. The summed E-state index contributed by atoms with van der Waals surface area (Å²) >= 11 is 0. The van der Waals surface area contributed by atoms with Gasteiger partial charge in [0, 0.05) is 54.0 Å². The van der Waals surface area contributed by atoms with Crippen LogP contribution in [0.4, 0.5) is 0 Å². The molecule has 3 unspecified atom stereocenters. The Bertz CT molecular complexity index is 235. The van der Waals surface area contributed by atoms with Crippen LogP contribution in [0.2, 0.25) is 0 Å². The fourth-order valence-electron chi connectivity index (χ4n) is 2.01. The van der Waals surface area contributed by atoms with Crippen molar-refractivity contribution in [2.24, 2.45) is 0 Å². The Hall–Kier alpha value is 0.0700. The van der Waals surface area contributed by atoms with Gasteiger partial charge in [-0.2, -0.15) is 0 Å². The molecule has 0 spiro atoms. The lowest BCUT2D eigenvalue weighted by molar-refractivity contribution is 0.141. The van der Waals surface area contributed by atoms with E-state index in [1.54, 1.807) is 6.26 Å². The summed E-state index contributed by atoms with van der Waals surface area (Å²) in [4.78, 5) is 2.44. The monoisotopic (exact) mass is 232 g/mol. The number of nitrogens with zero attached hydrogens (tertiary/aromatic N) is 1. The molecule has 1 rings (SSSR count). The fraction of sp³-hybridized carbons (Fsp3) is 1.00. The summed E-state index contributed by atoms with van der Waals surface area (Å²) in [6.45, 7) is 10.7. The molecule has 0 saturated carbocycles. The summed E-state index contributed by atoms with van der Waals surface area (Å²) in [5, 5.41) is 3.84. The van der Waals surface area contributed by atoms with Crippen LogP contribution in [0.5, 0.6) is 0 Å². The van der Waals surface area contributed by atoms with E-state index in [2.05, 4.69) is 31.0 Å². The van der Waals surface area contributed by atoms with Crippen molar-refractivity contribution in [3.05, 3.63) is 0 Å². The second-order valence-corrected chi connectivity index (χ2v) is 6.69. The molecule has 1 aliphatic rings. The van der Waals surface area contributed by atoms with Crippen LogP contribution >= 0.6 is 0 Å². The van der Waals surface area contributed by atoms with Crippen LogP contribution in [0.25, 0.3) is 0 Å². The Morgan fingerprint density at radius 1 is 1.60 bits per heavy atom. The normalized spacial score (nSPS) is 32.5. The van der Waals surface area contributed by atoms with Crippen molar-refractivity contribution < 1.29 is 4.21 Å². The van der Waals surface area contributed by atoms with Gasteiger partial charge in [-0.15, -0.1) is 0 Å². The third kappa shape index (κ3) is 3.85. The SMILES string of the molecule is CCC1(C)CN(CC(C)S(C)=O)CCN1. The molecule has 3 nitrogen and oxygen atoms in total. The molecular formula is C11H24N2OS. The third-order valence-electron chi connectivity index (χ3n) is 3.41. The van der Waals surface area contributed by atoms with E-state index < -0.39 is 10.8 Å². The van der Waals surface area contributed by atoms with E-state index in [0.29, 0.717) is 0 Å². The molecule has 0 aromatic rings. The van der Waals surface area contributed by atoms with Gasteiger partial charge in [-0.1, -0.05) is 6.92 Å². The van der Waals surface area contributed by atoms with Crippen molar-refractivity contribution in [3.8, 4) is 0 Å². The average molecular weight is 232 g/mol. The standard InChI is InChI=1S/C11H24N2OS/c1-5-11(3)9-13(7-6-12-11)8-10(2)15(4)14/h10,12H,5-9H2,1-4H3. The first kappa shape index (κ1) is 13.1. The number of hydrogen-bond acceptors (Lipinski definition) is 3. The first-order valence-corrected chi connectivity index (χ1v) is 7.38. The van der Waals surface area contributed by atoms with Gasteiger partial charge < -0.3 is 5.32 Å². The van der Waals surface area contributed by atoms with E-state index in [1.807, 2.05) is 0 Å². The highest BCUT2D eigenvalue weighted by molar-refractivity contribution is 7.84. The first-order chi connectivity index (χ1) is 6.97. The predicted octanol–water partition coefficient (Wildman–Crippen LogP) is 0.827. The van der Waals surface area contributed by atoms with E-state index in [-0.39, 0.29) is 10.8 Å². The Morgan fingerprint density at radius 3 is 2.80 bits per heavy atom. The topological polar surface area (TPSA) is 32.3 Å². The maximum atomic E-state index is 11.3. The highest BCUT2D eigenvalue weighted by atomic mass is 32.2. The highest BCUT2D eigenvalue weighted by Crippen LogP contribution is 2.15. The van der Waals surface area contributed by atoms with Crippen molar-refractivity contribution in [1.82, 2.24) is 10.2 Å². The second kappa shape index (κ2) is 5.41. The quantitative estimate of drug-likeness (QED) is 0.779. The molecule has 1 aliphatic heterocycles. The molecule has 0 aromatic carbocycles. The molecule has 0 radical (unpaired) electrons. The summed E-state index contributed by atoms with van der Waals surface area (Å²) in [6, 6.07) is 0. The van der Waals surface area contributed by atoms with Crippen molar-refractivity contribution in [1.29, 1.82) is 0 Å². The number of piperazine rings is 1. The molecular weight excluding hydrogens is 208 g/mol. The zero-order chi connectivity index (χ0) is 11.5. The van der Waals surface area contributed by atoms with Crippen LogP contribution in [0.1, 0.15) is 27.2 Å². The van der Waals surface area contributed by atoms with Crippen LogP contribution in [-0.4, -0.2) is 52.3 Å². The van der Waals surface area contributed by atoms with Gasteiger partial charge in [0.2, 0.25) is 0 Å². The minimum absolute atomic E-state index is 0.243. The van der Waals surface area contributed by atoms with Gasteiger partial charge in [-0.25, -0.2) is 0 Å². The Labute approximate surface area is 96.1 Å². The molecule has 0 aliphatic carbocycles. The molecule has 1 N–H and O–H groups in total. The molecule has 3 atom stereocenters. The van der Waals surface area contributed by atoms with Gasteiger partial charge in [-0.3, -0.25) is 9.11 Å². The molecule has 4 heteroatoms. The summed E-state index contributed by atoms with van der Waals surface area (Å²) in [7, 11) is -0.701. The summed E-state index contributed by atoms with van der Waals surface area (Å²) in [5.41, 5.74) is 0.243. The lowest BCUT2D eigenvalue weighted by Gasteiger charge is -2.41. The van der Waals surface area contributed by atoms with Gasteiger partial charge in [0.25, 0.3) is 0 Å². The largest absolute Gasteiger partial charge is 0.309 e. The van der Waals surface area contributed by atoms with Gasteiger partial charge in [0.05, 0.1) is 0 Å². The maximum Gasteiger partial charge on any atom is 0.0444 e. The van der Waals surface area contributed by atoms with Crippen molar-refractivity contribution in [2.75, 3.05) is 32.4 Å². The van der Waals surface area contributed by atoms with Gasteiger partial charge in [0.15, 0.2) is 0 Å². The summed E-state index contributed by atoms with van der Waals surface area (Å²) in [6.07, 6.45) is 2.94. The molecule has 0 aromatic heterocycles. The first-order valence-electron chi connectivity index (χ1n) is 5.76. The van der Waals surface area contributed by atoms with Crippen LogP contribution in [0.3, 0.4) is 0 Å². The molecule has 15 heavy (non-hydrogen) atoms. The van der Waals surface area contributed by atoms with E-state index in [0.717, 1.165) is 32.6 Å². The number of nitrogens with one attached hydrogen (secondary N) is 1. The zero-order valence-corrected chi connectivity index (χ0v) is 11.2. The third-order valence-corrected chi connectivity index (χ3v) is 4.70.